The van der Waals surface area contributed by atoms with Crippen molar-refractivity contribution < 1.29 is 4.79 Å². The second kappa shape index (κ2) is 4.54. The van der Waals surface area contributed by atoms with Crippen LogP contribution < -0.4 is 0 Å². The summed E-state index contributed by atoms with van der Waals surface area (Å²) in [6, 6.07) is 0. The minimum absolute atomic E-state index is 0.0324. The van der Waals surface area contributed by atoms with Crippen molar-refractivity contribution in [1.29, 1.82) is 0 Å². The van der Waals surface area contributed by atoms with Crippen molar-refractivity contribution in [2.24, 2.45) is 5.92 Å². The number of carbonyl (C=O) groups is 1. The molecule has 0 aliphatic heterocycles. The quantitative estimate of drug-likeness (QED) is 0.566. The molecule has 1 radical (unpaired) electrons. The Morgan fingerprint density at radius 2 is 2.22 bits per heavy atom. The van der Waals surface area contributed by atoms with Crippen LogP contribution in [0.2, 0.25) is 0 Å². The Labute approximate surface area is 57.5 Å². The van der Waals surface area contributed by atoms with E-state index in [2.05, 4.69) is 13.8 Å². The lowest BCUT2D eigenvalue weighted by Gasteiger charge is -2.03. The Kier molecular flexibility index (Phi) is 4.37. The average Bonchev–Trinajstić information content (AvgIpc) is 1.82. The van der Waals surface area contributed by atoms with Crippen LogP contribution in [0.15, 0.2) is 0 Å². The summed E-state index contributed by atoms with van der Waals surface area (Å²) in [5.74, 6) is 0.244. The van der Waals surface area contributed by atoms with Gasteiger partial charge in [0.2, 0.25) is 0 Å². The highest BCUT2D eigenvalue weighted by molar-refractivity contribution is 5.78. The van der Waals surface area contributed by atoms with E-state index in [-0.39, 0.29) is 11.7 Å². The van der Waals surface area contributed by atoms with E-state index in [0.29, 0.717) is 0 Å². The smallest absolute Gasteiger partial charge is 0.132 e. The fraction of sp³-hybridized carbons (Fsp3) is 0.750. The zero-order valence-corrected chi connectivity index (χ0v) is 6.31. The van der Waals surface area contributed by atoms with Crippen LogP contribution in [0.1, 0.15) is 33.1 Å². The number of hydrogen-bond donors (Lipinski definition) is 0. The molecule has 1 heteroatoms. The summed E-state index contributed by atoms with van der Waals surface area (Å²) in [4.78, 5) is 10.6. The van der Waals surface area contributed by atoms with Crippen molar-refractivity contribution in [2.75, 3.05) is 0 Å². The third-order valence-corrected chi connectivity index (χ3v) is 1.48. The Morgan fingerprint density at radius 3 is 2.56 bits per heavy atom. The van der Waals surface area contributed by atoms with E-state index in [1.807, 2.05) is 0 Å². The maximum atomic E-state index is 10.6. The third kappa shape index (κ3) is 4.19. The van der Waals surface area contributed by atoms with Crippen molar-refractivity contribution in [1.82, 2.24) is 0 Å². The number of hydrogen-bond acceptors (Lipinski definition) is 1. The van der Waals surface area contributed by atoms with E-state index in [4.69, 9.17) is 0 Å². The summed E-state index contributed by atoms with van der Waals surface area (Å²) in [6.07, 6.45) is 3.22. The van der Waals surface area contributed by atoms with E-state index in [1.54, 1.807) is 6.92 Å². The molecule has 9 heavy (non-hydrogen) atoms. The monoisotopic (exact) mass is 127 g/mol. The van der Waals surface area contributed by atoms with E-state index >= 15 is 0 Å². The van der Waals surface area contributed by atoms with Gasteiger partial charge >= 0.3 is 0 Å². The maximum absolute atomic E-state index is 10.6. The van der Waals surface area contributed by atoms with Crippen LogP contribution in [-0.4, -0.2) is 5.78 Å². The van der Waals surface area contributed by atoms with Crippen LogP contribution in [0.3, 0.4) is 0 Å². The number of carbonyl (C=O) groups excluding carboxylic acids is 1. The molecule has 0 saturated carbocycles. The van der Waals surface area contributed by atoms with Gasteiger partial charge in [-0.3, -0.25) is 4.79 Å². The minimum atomic E-state index is 0.0324. The van der Waals surface area contributed by atoms with Crippen LogP contribution in [0.5, 0.6) is 0 Å². The standard InChI is InChI=1S/C8H15O/c1-4-5-6-7(2)8(3)9/h7H,2,4-6H2,1,3H3. The Morgan fingerprint density at radius 1 is 1.67 bits per heavy atom. The summed E-state index contributed by atoms with van der Waals surface area (Å²) in [7, 11) is 0. The predicted octanol–water partition coefficient (Wildman–Crippen LogP) is 2.22. The third-order valence-electron chi connectivity index (χ3n) is 1.48. The van der Waals surface area contributed by atoms with Gasteiger partial charge in [0.1, 0.15) is 5.78 Å². The Balaban J connectivity index is 3.27. The van der Waals surface area contributed by atoms with Crippen LogP contribution in [0, 0.1) is 12.8 Å². The van der Waals surface area contributed by atoms with Gasteiger partial charge in [-0.05, 0) is 20.3 Å². The molecule has 1 unspecified atom stereocenters. The van der Waals surface area contributed by atoms with Crippen molar-refractivity contribution in [3.8, 4) is 0 Å². The molecule has 0 heterocycles. The predicted molar refractivity (Wildman–Crippen MR) is 39.1 cm³/mol. The van der Waals surface area contributed by atoms with E-state index in [0.717, 1.165) is 19.3 Å². The van der Waals surface area contributed by atoms with Gasteiger partial charge in [-0.15, -0.1) is 0 Å². The summed E-state index contributed by atoms with van der Waals surface area (Å²) in [6.45, 7) is 7.45. The molecule has 0 N–H and O–H groups in total. The zero-order valence-electron chi connectivity index (χ0n) is 6.31. The highest BCUT2D eigenvalue weighted by Crippen LogP contribution is 2.06. The lowest BCUT2D eigenvalue weighted by Crippen LogP contribution is -2.05. The van der Waals surface area contributed by atoms with E-state index < -0.39 is 0 Å². The molecule has 0 saturated heterocycles. The van der Waals surface area contributed by atoms with Crippen LogP contribution in [0.4, 0.5) is 0 Å². The highest BCUT2D eigenvalue weighted by atomic mass is 16.1. The second-order valence-corrected chi connectivity index (χ2v) is 2.45. The first-order valence-electron chi connectivity index (χ1n) is 3.52. The van der Waals surface area contributed by atoms with Gasteiger partial charge in [-0.2, -0.15) is 0 Å². The molecule has 0 aliphatic carbocycles. The highest BCUT2D eigenvalue weighted by Gasteiger charge is 2.04. The molecule has 0 aromatic carbocycles. The lowest BCUT2D eigenvalue weighted by atomic mass is 10.0. The molecule has 0 fully saturated rings. The molecule has 0 bridgehead atoms. The molecule has 0 aromatic heterocycles. The SMILES string of the molecule is [CH2]C(CCCC)C(C)=O. The zero-order chi connectivity index (χ0) is 7.28. The molecule has 1 nitrogen and oxygen atoms in total. The van der Waals surface area contributed by atoms with Gasteiger partial charge in [-0.25, -0.2) is 0 Å². The topological polar surface area (TPSA) is 17.1 Å². The molecule has 53 valence electrons. The second-order valence-electron chi connectivity index (χ2n) is 2.45. The lowest BCUT2D eigenvalue weighted by molar-refractivity contribution is -0.119. The number of rotatable bonds is 4. The molecule has 0 aromatic rings. The van der Waals surface area contributed by atoms with Crippen molar-refractivity contribution in [3.63, 3.8) is 0 Å². The fourth-order valence-corrected chi connectivity index (χ4v) is 0.654. The van der Waals surface area contributed by atoms with Crippen molar-refractivity contribution in [3.05, 3.63) is 6.92 Å². The normalized spacial score (nSPS) is 13.2. The van der Waals surface area contributed by atoms with Gasteiger partial charge in [0.15, 0.2) is 0 Å². The molecule has 1 atom stereocenters. The van der Waals surface area contributed by atoms with Gasteiger partial charge in [-0.1, -0.05) is 19.8 Å². The first kappa shape index (κ1) is 8.67. The van der Waals surface area contributed by atoms with Gasteiger partial charge in [0, 0.05) is 5.92 Å². The minimum Gasteiger partial charge on any atom is -0.300 e. The largest absolute Gasteiger partial charge is 0.300 e. The van der Waals surface area contributed by atoms with Gasteiger partial charge < -0.3 is 0 Å². The Bertz CT molecular complexity index is 86.6. The molecule has 0 rings (SSSR count). The molecular formula is C8H15O. The first-order chi connectivity index (χ1) is 4.18. The summed E-state index contributed by atoms with van der Waals surface area (Å²) in [5.41, 5.74) is 0. The molecule has 0 aliphatic rings. The molecule has 0 amide bonds. The van der Waals surface area contributed by atoms with E-state index in [9.17, 15) is 4.79 Å². The van der Waals surface area contributed by atoms with Crippen molar-refractivity contribution >= 4 is 5.78 Å². The Hall–Kier alpha value is -0.330. The fourth-order valence-electron chi connectivity index (χ4n) is 0.654. The van der Waals surface area contributed by atoms with Crippen molar-refractivity contribution in [2.45, 2.75) is 33.1 Å². The van der Waals surface area contributed by atoms with E-state index in [1.165, 1.54) is 0 Å². The molecular weight excluding hydrogens is 112 g/mol. The summed E-state index contributed by atoms with van der Waals surface area (Å²) >= 11 is 0. The number of unbranched alkanes of at least 4 members (excludes halogenated alkanes) is 1. The van der Waals surface area contributed by atoms with Gasteiger partial charge in [0.25, 0.3) is 0 Å². The first-order valence-corrected chi connectivity index (χ1v) is 3.52. The summed E-state index contributed by atoms with van der Waals surface area (Å²) in [5, 5.41) is 0. The number of Topliss-reactive ketones (excluding diaryl/α,β-unsaturated/α-hetero) is 1. The summed E-state index contributed by atoms with van der Waals surface area (Å²) < 4.78 is 0. The maximum Gasteiger partial charge on any atom is 0.132 e. The van der Waals surface area contributed by atoms with Crippen LogP contribution in [-0.2, 0) is 4.79 Å². The average molecular weight is 127 g/mol. The molecule has 0 spiro atoms. The van der Waals surface area contributed by atoms with Gasteiger partial charge in [0.05, 0.1) is 0 Å². The number of ketones is 1. The van der Waals surface area contributed by atoms with Crippen LogP contribution >= 0.6 is 0 Å². The van der Waals surface area contributed by atoms with Crippen LogP contribution in [0.25, 0.3) is 0 Å².